The monoisotopic (exact) mass is 425 g/mol. The summed E-state index contributed by atoms with van der Waals surface area (Å²) in [6, 6.07) is 5.41. The van der Waals surface area contributed by atoms with Crippen LogP contribution in [-0.2, 0) is 32.7 Å². The van der Waals surface area contributed by atoms with Gasteiger partial charge in [0, 0.05) is 10.9 Å². The fraction of sp³-hybridized carbons (Fsp3) is 0.500. The maximum absolute atomic E-state index is 13.7. The van der Waals surface area contributed by atoms with Gasteiger partial charge in [0.1, 0.15) is 0 Å². The van der Waals surface area contributed by atoms with Crippen LogP contribution in [0.3, 0.4) is 0 Å². The van der Waals surface area contributed by atoms with Crippen LogP contribution in [0.4, 0.5) is 0 Å². The molecule has 0 saturated heterocycles. The molecule has 0 saturated carbocycles. The molecule has 0 aliphatic heterocycles. The second-order valence-corrected chi connectivity index (χ2v) is 8.11. The van der Waals surface area contributed by atoms with E-state index in [2.05, 4.69) is 4.98 Å². The van der Waals surface area contributed by atoms with Gasteiger partial charge < -0.3 is 23.5 Å². The smallest absolute Gasteiger partial charge is 0.363 e. The Hall–Kier alpha value is -2.15. The summed E-state index contributed by atoms with van der Waals surface area (Å²) in [5, 5.41) is 0.717. The highest BCUT2D eigenvalue weighted by Crippen LogP contribution is 2.51. The lowest BCUT2D eigenvalue weighted by Crippen LogP contribution is -2.30. The number of para-hydroxylation sites is 1. The zero-order valence-electron chi connectivity index (χ0n) is 17.4. The number of aromatic nitrogens is 1. The number of hydrogen-bond acceptors (Lipinski definition) is 7. The summed E-state index contributed by atoms with van der Waals surface area (Å²) < 4.78 is 35.0. The molecule has 0 aliphatic rings. The molecule has 0 radical (unpaired) electrons. The summed E-state index contributed by atoms with van der Waals surface area (Å²) in [7, 11) is -3.84. The summed E-state index contributed by atoms with van der Waals surface area (Å²) in [6.07, 6.45) is 0. The summed E-state index contributed by atoms with van der Waals surface area (Å²) in [6.45, 7) is 8.94. The molecule has 1 heterocycles. The third-order valence-electron chi connectivity index (χ3n) is 4.25. The SMILES string of the molecule is CCOC(=O)C(C(=O)OCC)c1[nH]c2c(C)cccc2c1P(=O)(OCC)OCC. The first-order valence-electron chi connectivity index (χ1n) is 9.68. The van der Waals surface area contributed by atoms with Gasteiger partial charge in [-0.2, -0.15) is 0 Å². The van der Waals surface area contributed by atoms with Crippen LogP contribution in [0.15, 0.2) is 18.2 Å². The second kappa shape index (κ2) is 10.1. The van der Waals surface area contributed by atoms with Crippen LogP contribution in [-0.4, -0.2) is 43.4 Å². The molecule has 2 aromatic rings. The van der Waals surface area contributed by atoms with Crippen molar-refractivity contribution >= 4 is 35.7 Å². The predicted molar refractivity (Wildman–Crippen MR) is 110 cm³/mol. The number of ether oxygens (including phenoxy) is 2. The van der Waals surface area contributed by atoms with Gasteiger partial charge in [-0.3, -0.25) is 14.2 Å². The minimum absolute atomic E-state index is 0.0813. The Morgan fingerprint density at radius 3 is 2.00 bits per heavy atom. The molecular weight excluding hydrogens is 397 g/mol. The van der Waals surface area contributed by atoms with Crippen molar-refractivity contribution < 1.29 is 32.7 Å². The number of aryl methyl sites for hydroxylation is 1. The maximum Gasteiger partial charge on any atom is 0.363 e. The molecule has 0 atom stereocenters. The van der Waals surface area contributed by atoms with E-state index in [-0.39, 0.29) is 37.4 Å². The number of fused-ring (bicyclic) bond motifs is 1. The molecule has 0 aliphatic carbocycles. The van der Waals surface area contributed by atoms with Crippen LogP contribution in [0, 0.1) is 6.92 Å². The van der Waals surface area contributed by atoms with Crippen LogP contribution < -0.4 is 5.30 Å². The molecular formula is C20H28NO7P. The molecule has 0 spiro atoms. The third-order valence-corrected chi connectivity index (χ3v) is 6.47. The molecule has 8 nitrogen and oxygen atoms in total. The molecule has 0 fully saturated rings. The number of carbonyl (C=O) groups is 2. The Balaban J connectivity index is 2.85. The van der Waals surface area contributed by atoms with Crippen molar-refractivity contribution in [3.05, 3.63) is 29.5 Å². The first-order chi connectivity index (χ1) is 13.8. The van der Waals surface area contributed by atoms with E-state index < -0.39 is 25.5 Å². The Morgan fingerprint density at radius 2 is 1.52 bits per heavy atom. The van der Waals surface area contributed by atoms with Gasteiger partial charge in [-0.15, -0.1) is 0 Å². The van der Waals surface area contributed by atoms with Crippen molar-refractivity contribution in [3.63, 3.8) is 0 Å². The zero-order valence-corrected chi connectivity index (χ0v) is 18.3. The number of hydrogen-bond donors (Lipinski definition) is 1. The van der Waals surface area contributed by atoms with E-state index in [1.54, 1.807) is 39.8 Å². The van der Waals surface area contributed by atoms with Crippen molar-refractivity contribution in [1.29, 1.82) is 0 Å². The van der Waals surface area contributed by atoms with Crippen molar-refractivity contribution in [2.75, 3.05) is 26.4 Å². The quantitative estimate of drug-likeness (QED) is 0.352. The van der Waals surface area contributed by atoms with E-state index in [9.17, 15) is 14.2 Å². The second-order valence-electron chi connectivity index (χ2n) is 6.15. The lowest BCUT2D eigenvalue weighted by molar-refractivity contribution is -0.157. The molecule has 160 valence electrons. The Labute approximate surface area is 170 Å². The van der Waals surface area contributed by atoms with Crippen molar-refractivity contribution in [1.82, 2.24) is 4.98 Å². The number of esters is 2. The van der Waals surface area contributed by atoms with Crippen LogP contribution >= 0.6 is 7.60 Å². The van der Waals surface area contributed by atoms with Crippen LogP contribution in [0.1, 0.15) is 44.9 Å². The van der Waals surface area contributed by atoms with Gasteiger partial charge in [-0.05, 0) is 40.2 Å². The van der Waals surface area contributed by atoms with Crippen LogP contribution in [0.25, 0.3) is 10.9 Å². The highest BCUT2D eigenvalue weighted by molar-refractivity contribution is 7.63. The predicted octanol–water partition coefficient (Wildman–Crippen LogP) is 3.58. The Kier molecular flexibility index (Phi) is 8.02. The van der Waals surface area contributed by atoms with Gasteiger partial charge in [0.05, 0.1) is 37.4 Å². The topological polar surface area (TPSA) is 104 Å². The number of nitrogens with one attached hydrogen (secondary N) is 1. The van der Waals surface area contributed by atoms with E-state index >= 15 is 0 Å². The molecule has 1 aromatic carbocycles. The molecule has 0 bridgehead atoms. The molecule has 2 rings (SSSR count). The molecule has 1 aromatic heterocycles. The van der Waals surface area contributed by atoms with Crippen LogP contribution in [0.2, 0.25) is 0 Å². The van der Waals surface area contributed by atoms with Gasteiger partial charge >= 0.3 is 19.5 Å². The number of aromatic amines is 1. The number of H-pyrrole nitrogens is 1. The fourth-order valence-corrected chi connectivity index (χ4v) is 5.14. The number of carbonyl (C=O) groups excluding carboxylic acids is 2. The van der Waals surface area contributed by atoms with Gasteiger partial charge in [-0.25, -0.2) is 0 Å². The molecule has 29 heavy (non-hydrogen) atoms. The molecule has 9 heteroatoms. The van der Waals surface area contributed by atoms with Crippen molar-refractivity contribution in [3.8, 4) is 0 Å². The average molecular weight is 425 g/mol. The van der Waals surface area contributed by atoms with Gasteiger partial charge in [0.15, 0.2) is 5.92 Å². The number of rotatable bonds is 10. The Morgan fingerprint density at radius 1 is 0.966 bits per heavy atom. The Bertz CT molecular complexity index is 893. The molecule has 1 N–H and O–H groups in total. The first-order valence-corrected chi connectivity index (χ1v) is 11.2. The van der Waals surface area contributed by atoms with E-state index in [0.29, 0.717) is 10.9 Å². The van der Waals surface area contributed by atoms with Crippen molar-refractivity contribution in [2.45, 2.75) is 40.5 Å². The summed E-state index contributed by atoms with van der Waals surface area (Å²) in [5.41, 5.74) is 1.59. The standard InChI is InChI=1S/C20H28NO7P/c1-6-25-19(22)15(20(23)26-7-2)17-18(29(24,27-8-3)28-9-4)14-12-10-11-13(5)16(14)21-17/h10-12,15,21H,6-9H2,1-5H3. The highest BCUT2D eigenvalue weighted by Gasteiger charge is 2.42. The van der Waals surface area contributed by atoms with E-state index in [0.717, 1.165) is 5.56 Å². The van der Waals surface area contributed by atoms with Gasteiger partial charge in [0.25, 0.3) is 0 Å². The van der Waals surface area contributed by atoms with E-state index in [4.69, 9.17) is 18.5 Å². The highest BCUT2D eigenvalue weighted by atomic mass is 31.2. The first kappa shape index (κ1) is 23.1. The number of benzene rings is 1. The van der Waals surface area contributed by atoms with Gasteiger partial charge in [0.2, 0.25) is 0 Å². The fourth-order valence-electron chi connectivity index (χ4n) is 3.16. The average Bonchev–Trinajstić information content (AvgIpc) is 3.04. The minimum atomic E-state index is -3.84. The molecule has 0 amide bonds. The van der Waals surface area contributed by atoms with E-state index in [1.165, 1.54) is 0 Å². The van der Waals surface area contributed by atoms with Crippen LogP contribution in [0.5, 0.6) is 0 Å². The lowest BCUT2D eigenvalue weighted by Gasteiger charge is -2.20. The summed E-state index contributed by atoms with van der Waals surface area (Å²) >= 11 is 0. The summed E-state index contributed by atoms with van der Waals surface area (Å²) in [5.74, 6) is -3.03. The lowest BCUT2D eigenvalue weighted by atomic mass is 10.1. The zero-order chi connectivity index (χ0) is 21.6. The van der Waals surface area contributed by atoms with E-state index in [1.807, 2.05) is 13.0 Å². The summed E-state index contributed by atoms with van der Waals surface area (Å²) in [4.78, 5) is 28.5. The maximum atomic E-state index is 13.7. The molecule has 0 unspecified atom stereocenters. The minimum Gasteiger partial charge on any atom is -0.465 e. The third kappa shape index (κ3) is 4.71. The largest absolute Gasteiger partial charge is 0.465 e. The normalized spacial score (nSPS) is 11.8. The van der Waals surface area contributed by atoms with Crippen molar-refractivity contribution in [2.24, 2.45) is 0 Å². The van der Waals surface area contributed by atoms with Gasteiger partial charge in [-0.1, -0.05) is 18.2 Å².